The standard InChI is InChI=1S/C9H5F12NO2/c1-2-23-3(5(11,12)13)4(10)22-6(14,15)8(18,19)24-9(20,21)7(22,16)17/h2H2,1H3/b4-3+. The lowest BCUT2D eigenvalue weighted by molar-refractivity contribution is -0.559. The normalized spacial score (nSPS) is 26.0. The van der Waals surface area contributed by atoms with Crippen LogP contribution in [0.5, 0.6) is 0 Å². The maximum absolute atomic E-state index is 13.6. The number of alkyl halides is 11. The zero-order valence-corrected chi connectivity index (χ0v) is 11.0. The number of halogens is 12. The lowest BCUT2D eigenvalue weighted by Gasteiger charge is -2.47. The highest BCUT2D eigenvalue weighted by atomic mass is 19.4. The summed E-state index contributed by atoms with van der Waals surface area (Å²) >= 11 is 0. The Labute approximate surface area is 124 Å². The van der Waals surface area contributed by atoms with Crippen LogP contribution in [-0.2, 0) is 9.47 Å². The number of hydrogen-bond donors (Lipinski definition) is 0. The van der Waals surface area contributed by atoms with Crippen molar-refractivity contribution in [1.29, 1.82) is 0 Å². The number of morpholine rings is 1. The van der Waals surface area contributed by atoms with Gasteiger partial charge in [0.1, 0.15) is 0 Å². The molecule has 0 saturated carbocycles. The SMILES string of the molecule is CCO/C(=C(\F)N1C(F)(F)C(F)(F)OC(F)(F)C1(F)F)C(F)(F)F. The van der Waals surface area contributed by atoms with E-state index in [0.29, 0.717) is 0 Å². The van der Waals surface area contributed by atoms with Crippen molar-refractivity contribution in [3.63, 3.8) is 0 Å². The minimum atomic E-state index is -6.62. The van der Waals surface area contributed by atoms with Crippen LogP contribution >= 0.6 is 0 Å². The van der Waals surface area contributed by atoms with Crippen LogP contribution in [0.2, 0.25) is 0 Å². The maximum atomic E-state index is 13.6. The molecule has 3 nitrogen and oxygen atoms in total. The highest BCUT2D eigenvalue weighted by Crippen LogP contribution is 2.57. The fraction of sp³-hybridized carbons (Fsp3) is 0.778. The molecule has 0 bridgehead atoms. The second kappa shape index (κ2) is 5.49. The third-order valence-electron chi connectivity index (χ3n) is 2.45. The van der Waals surface area contributed by atoms with E-state index >= 15 is 0 Å². The van der Waals surface area contributed by atoms with Gasteiger partial charge in [-0.25, -0.2) is 9.64 Å². The van der Waals surface area contributed by atoms with Gasteiger partial charge in [0.05, 0.1) is 6.61 Å². The summed E-state index contributed by atoms with van der Waals surface area (Å²) in [4.78, 5) is -3.01. The molecule has 1 fully saturated rings. The van der Waals surface area contributed by atoms with E-state index < -0.39 is 53.7 Å². The molecule has 0 aromatic heterocycles. The zero-order valence-electron chi connectivity index (χ0n) is 11.0. The van der Waals surface area contributed by atoms with Gasteiger partial charge < -0.3 is 4.74 Å². The highest BCUT2D eigenvalue weighted by molar-refractivity contribution is 5.12. The average Bonchev–Trinajstić information content (AvgIpc) is 2.30. The molecule has 1 aliphatic rings. The molecule has 15 heteroatoms. The Balaban J connectivity index is 3.71. The number of nitrogens with zero attached hydrogens (tertiary/aromatic N) is 1. The quantitative estimate of drug-likeness (QED) is 0.407. The lowest BCUT2D eigenvalue weighted by Crippen LogP contribution is -2.73. The van der Waals surface area contributed by atoms with E-state index in [2.05, 4.69) is 4.74 Å². The second-order valence-electron chi connectivity index (χ2n) is 4.10. The molecule has 0 aromatic carbocycles. The molecular formula is C9H5F12NO2. The molecule has 0 radical (unpaired) electrons. The number of allylic oxidation sites excluding steroid dienone is 1. The van der Waals surface area contributed by atoms with Gasteiger partial charge in [0.15, 0.2) is 0 Å². The second-order valence-corrected chi connectivity index (χ2v) is 4.10. The topological polar surface area (TPSA) is 21.7 Å². The highest BCUT2D eigenvalue weighted by Gasteiger charge is 2.84. The van der Waals surface area contributed by atoms with Crippen molar-refractivity contribution in [1.82, 2.24) is 4.90 Å². The van der Waals surface area contributed by atoms with Gasteiger partial charge in [-0.05, 0) is 6.92 Å². The molecule has 0 aromatic rings. The Morgan fingerprint density at radius 1 is 0.917 bits per heavy atom. The van der Waals surface area contributed by atoms with E-state index in [1.165, 1.54) is 0 Å². The van der Waals surface area contributed by atoms with E-state index in [9.17, 15) is 52.7 Å². The van der Waals surface area contributed by atoms with Crippen LogP contribution in [-0.4, -0.2) is 42.0 Å². The van der Waals surface area contributed by atoms with Crippen molar-refractivity contribution in [3.8, 4) is 0 Å². The first kappa shape index (κ1) is 20.5. The smallest absolute Gasteiger partial charge is 0.453 e. The van der Waals surface area contributed by atoms with Gasteiger partial charge in [-0.3, -0.25) is 0 Å². The van der Waals surface area contributed by atoms with Crippen molar-refractivity contribution < 1.29 is 62.2 Å². The van der Waals surface area contributed by atoms with Gasteiger partial charge in [-0.15, -0.1) is 0 Å². The molecular weight excluding hydrogens is 382 g/mol. The Morgan fingerprint density at radius 3 is 1.58 bits per heavy atom. The first-order valence-electron chi connectivity index (χ1n) is 5.55. The molecule has 0 unspecified atom stereocenters. The summed E-state index contributed by atoms with van der Waals surface area (Å²) in [5, 5.41) is 0. The van der Waals surface area contributed by atoms with Crippen LogP contribution in [0.25, 0.3) is 0 Å². The van der Waals surface area contributed by atoms with Gasteiger partial charge >= 0.3 is 30.5 Å². The summed E-state index contributed by atoms with van der Waals surface area (Å²) < 4.78 is 161. The van der Waals surface area contributed by atoms with Gasteiger partial charge in [0.2, 0.25) is 5.95 Å². The molecule has 1 aliphatic heterocycles. The third kappa shape index (κ3) is 2.93. The predicted molar refractivity (Wildman–Crippen MR) is 48.5 cm³/mol. The van der Waals surface area contributed by atoms with Crippen molar-refractivity contribution in [2.24, 2.45) is 0 Å². The van der Waals surface area contributed by atoms with E-state index in [1.807, 2.05) is 4.74 Å². The average molecular weight is 387 g/mol. The maximum Gasteiger partial charge on any atom is 0.453 e. The van der Waals surface area contributed by atoms with E-state index in [-0.39, 0.29) is 0 Å². The summed E-state index contributed by atoms with van der Waals surface area (Å²) in [6, 6.07) is -13.2. The largest absolute Gasteiger partial charge is 0.486 e. The van der Waals surface area contributed by atoms with E-state index in [1.54, 1.807) is 0 Å². The van der Waals surface area contributed by atoms with Crippen molar-refractivity contribution in [2.45, 2.75) is 37.4 Å². The molecule has 0 N–H and O–H groups in total. The summed E-state index contributed by atoms with van der Waals surface area (Å²) in [5.74, 6) is -7.10. The molecule has 1 saturated heterocycles. The molecule has 24 heavy (non-hydrogen) atoms. The molecule has 0 spiro atoms. The fourth-order valence-corrected chi connectivity index (χ4v) is 1.47. The molecule has 0 amide bonds. The number of hydrogen-bond acceptors (Lipinski definition) is 3. The molecule has 0 atom stereocenters. The zero-order chi connectivity index (χ0) is 19.4. The predicted octanol–water partition coefficient (Wildman–Crippen LogP) is 4.43. The fourth-order valence-electron chi connectivity index (χ4n) is 1.47. The first-order valence-corrected chi connectivity index (χ1v) is 5.55. The van der Waals surface area contributed by atoms with Crippen LogP contribution in [0.4, 0.5) is 52.7 Å². The lowest BCUT2D eigenvalue weighted by atomic mass is 10.2. The number of ether oxygens (including phenoxy) is 2. The number of rotatable bonds is 3. The molecule has 1 rings (SSSR count). The van der Waals surface area contributed by atoms with Gasteiger partial charge in [0.25, 0.3) is 5.76 Å². The molecule has 0 aliphatic carbocycles. The van der Waals surface area contributed by atoms with Crippen molar-refractivity contribution in [3.05, 3.63) is 11.7 Å². The van der Waals surface area contributed by atoms with E-state index in [0.717, 1.165) is 6.92 Å². The van der Waals surface area contributed by atoms with Crippen LogP contribution in [0, 0.1) is 0 Å². The van der Waals surface area contributed by atoms with Crippen LogP contribution < -0.4 is 0 Å². The van der Waals surface area contributed by atoms with Crippen molar-refractivity contribution >= 4 is 0 Å². The Hall–Kier alpha value is -1.54. The van der Waals surface area contributed by atoms with Gasteiger partial charge in [-0.2, -0.15) is 52.7 Å². The Kier molecular flexibility index (Phi) is 4.69. The van der Waals surface area contributed by atoms with Crippen molar-refractivity contribution in [2.75, 3.05) is 6.61 Å². The summed E-state index contributed by atoms with van der Waals surface area (Å²) in [5.41, 5.74) is 0. The van der Waals surface area contributed by atoms with E-state index in [4.69, 9.17) is 0 Å². The summed E-state index contributed by atoms with van der Waals surface area (Å²) in [6.07, 6.45) is -19.0. The molecule has 1 heterocycles. The Morgan fingerprint density at radius 2 is 1.29 bits per heavy atom. The van der Waals surface area contributed by atoms with Crippen LogP contribution in [0.1, 0.15) is 6.92 Å². The van der Waals surface area contributed by atoms with Gasteiger partial charge in [-0.1, -0.05) is 0 Å². The summed E-state index contributed by atoms with van der Waals surface area (Å²) in [6.45, 7) is -0.422. The van der Waals surface area contributed by atoms with Gasteiger partial charge in [0, 0.05) is 0 Å². The minimum absolute atomic E-state index is 0.720. The first-order chi connectivity index (χ1) is 10.4. The van der Waals surface area contributed by atoms with Crippen LogP contribution in [0.15, 0.2) is 11.7 Å². The monoisotopic (exact) mass is 387 g/mol. The van der Waals surface area contributed by atoms with Crippen LogP contribution in [0.3, 0.4) is 0 Å². The third-order valence-corrected chi connectivity index (χ3v) is 2.45. The minimum Gasteiger partial charge on any atom is -0.486 e. The Bertz CT molecular complexity index is 499. The molecule has 142 valence electrons. The summed E-state index contributed by atoms with van der Waals surface area (Å²) in [7, 11) is 0.